The quantitative estimate of drug-likeness (QED) is 0.828. The van der Waals surface area contributed by atoms with Crippen LogP contribution in [0.3, 0.4) is 0 Å². The summed E-state index contributed by atoms with van der Waals surface area (Å²) in [6.07, 6.45) is 6.92. The van der Waals surface area contributed by atoms with Gasteiger partial charge >= 0.3 is 0 Å². The predicted molar refractivity (Wildman–Crippen MR) is 72.3 cm³/mol. The summed E-state index contributed by atoms with van der Waals surface area (Å²) >= 11 is 0. The summed E-state index contributed by atoms with van der Waals surface area (Å²) < 4.78 is 7.34. The minimum absolute atomic E-state index is 0.415. The van der Waals surface area contributed by atoms with E-state index in [1.165, 1.54) is 19.3 Å². The second kappa shape index (κ2) is 5.13. The van der Waals surface area contributed by atoms with Crippen LogP contribution in [0.1, 0.15) is 31.5 Å². The SMILES string of the molecule is Cn1ncc2c(N)nc(COCCC3CCC3)nc21. The largest absolute Gasteiger partial charge is 0.383 e. The molecule has 19 heavy (non-hydrogen) atoms. The lowest BCUT2D eigenvalue weighted by molar-refractivity contribution is 0.0909. The lowest BCUT2D eigenvalue weighted by atomic mass is 9.83. The highest BCUT2D eigenvalue weighted by Crippen LogP contribution is 2.29. The number of nitrogens with two attached hydrogens (primary N) is 1. The topological polar surface area (TPSA) is 78.9 Å². The molecule has 1 fully saturated rings. The molecule has 0 atom stereocenters. The number of ether oxygens (including phenoxy) is 1. The van der Waals surface area contributed by atoms with Crippen molar-refractivity contribution in [3.8, 4) is 0 Å². The molecule has 2 aromatic rings. The van der Waals surface area contributed by atoms with Crippen molar-refractivity contribution in [3.63, 3.8) is 0 Å². The van der Waals surface area contributed by atoms with E-state index in [2.05, 4.69) is 15.1 Å². The van der Waals surface area contributed by atoms with Crippen LogP contribution in [0.4, 0.5) is 5.82 Å². The van der Waals surface area contributed by atoms with E-state index < -0.39 is 0 Å². The van der Waals surface area contributed by atoms with Crippen molar-refractivity contribution in [1.29, 1.82) is 0 Å². The third-order valence-electron chi connectivity index (χ3n) is 3.79. The van der Waals surface area contributed by atoms with Crippen LogP contribution in [-0.4, -0.2) is 26.4 Å². The van der Waals surface area contributed by atoms with Crippen molar-refractivity contribution in [2.75, 3.05) is 12.3 Å². The molecule has 0 bridgehead atoms. The van der Waals surface area contributed by atoms with Crippen LogP contribution in [0, 0.1) is 5.92 Å². The Labute approximate surface area is 112 Å². The summed E-state index contributed by atoms with van der Waals surface area (Å²) in [5, 5.41) is 4.92. The maximum absolute atomic E-state index is 5.89. The van der Waals surface area contributed by atoms with Gasteiger partial charge in [0.1, 0.15) is 12.4 Å². The van der Waals surface area contributed by atoms with Gasteiger partial charge in [0.15, 0.2) is 11.5 Å². The summed E-state index contributed by atoms with van der Waals surface area (Å²) in [4.78, 5) is 8.68. The molecule has 0 radical (unpaired) electrons. The predicted octanol–water partition coefficient (Wildman–Crippen LogP) is 1.65. The monoisotopic (exact) mass is 261 g/mol. The molecule has 6 heteroatoms. The Balaban J connectivity index is 1.62. The summed E-state index contributed by atoms with van der Waals surface area (Å²) in [6.45, 7) is 1.19. The van der Waals surface area contributed by atoms with E-state index in [4.69, 9.17) is 10.5 Å². The Morgan fingerprint density at radius 3 is 3.00 bits per heavy atom. The van der Waals surface area contributed by atoms with Crippen molar-refractivity contribution in [3.05, 3.63) is 12.0 Å². The summed E-state index contributed by atoms with van der Waals surface area (Å²) in [7, 11) is 1.84. The van der Waals surface area contributed by atoms with E-state index in [0.717, 1.165) is 30.0 Å². The summed E-state index contributed by atoms with van der Waals surface area (Å²) in [5.41, 5.74) is 6.65. The van der Waals surface area contributed by atoms with Crippen molar-refractivity contribution < 1.29 is 4.74 Å². The fraction of sp³-hybridized carbons (Fsp3) is 0.615. The van der Waals surface area contributed by atoms with Gasteiger partial charge < -0.3 is 10.5 Å². The molecular weight excluding hydrogens is 242 g/mol. The van der Waals surface area contributed by atoms with Gasteiger partial charge in [-0.1, -0.05) is 19.3 Å². The second-order valence-electron chi connectivity index (χ2n) is 5.17. The number of hydrogen-bond acceptors (Lipinski definition) is 5. The molecule has 1 aliphatic carbocycles. The zero-order valence-corrected chi connectivity index (χ0v) is 11.2. The number of anilines is 1. The Morgan fingerprint density at radius 2 is 2.26 bits per heavy atom. The standard InChI is InChI=1S/C13H19N5O/c1-18-13-10(7-15-18)12(14)16-11(17-13)8-19-6-5-9-3-2-4-9/h7,9H,2-6,8H2,1H3,(H2,14,16,17). The minimum Gasteiger partial charge on any atom is -0.383 e. The van der Waals surface area contributed by atoms with E-state index in [1.54, 1.807) is 10.9 Å². The molecule has 2 aromatic heterocycles. The Morgan fingerprint density at radius 1 is 1.42 bits per heavy atom. The molecule has 6 nitrogen and oxygen atoms in total. The van der Waals surface area contributed by atoms with Crippen molar-refractivity contribution in [1.82, 2.24) is 19.7 Å². The number of nitrogens with zero attached hydrogens (tertiary/aromatic N) is 4. The fourth-order valence-electron chi connectivity index (χ4n) is 2.35. The van der Waals surface area contributed by atoms with Gasteiger partial charge in [-0.15, -0.1) is 0 Å². The molecule has 1 aliphatic rings. The van der Waals surface area contributed by atoms with Crippen LogP contribution in [0.5, 0.6) is 0 Å². The highest BCUT2D eigenvalue weighted by Gasteiger charge is 2.16. The van der Waals surface area contributed by atoms with E-state index >= 15 is 0 Å². The molecular formula is C13H19N5O. The number of aromatic nitrogens is 4. The first-order chi connectivity index (χ1) is 9.24. The van der Waals surface area contributed by atoms with Crippen LogP contribution in [-0.2, 0) is 18.4 Å². The third kappa shape index (κ3) is 2.53. The highest BCUT2D eigenvalue weighted by molar-refractivity contribution is 5.84. The normalized spacial score (nSPS) is 15.8. The number of rotatable bonds is 5. The molecule has 0 aromatic carbocycles. The van der Waals surface area contributed by atoms with Crippen LogP contribution in [0.2, 0.25) is 0 Å². The van der Waals surface area contributed by atoms with E-state index in [-0.39, 0.29) is 0 Å². The molecule has 3 rings (SSSR count). The number of fused-ring (bicyclic) bond motifs is 1. The van der Waals surface area contributed by atoms with Crippen molar-refractivity contribution >= 4 is 16.9 Å². The van der Waals surface area contributed by atoms with E-state index in [9.17, 15) is 0 Å². The molecule has 2 heterocycles. The van der Waals surface area contributed by atoms with E-state index in [0.29, 0.717) is 18.2 Å². The average molecular weight is 261 g/mol. The molecule has 0 saturated heterocycles. The van der Waals surface area contributed by atoms with Gasteiger partial charge in [-0.05, 0) is 12.3 Å². The summed E-state index contributed by atoms with van der Waals surface area (Å²) in [5.74, 6) is 1.96. The van der Waals surface area contributed by atoms with Gasteiger partial charge in [0.05, 0.1) is 11.6 Å². The van der Waals surface area contributed by atoms with Gasteiger partial charge in [0.2, 0.25) is 0 Å². The first kappa shape index (κ1) is 12.3. The third-order valence-corrected chi connectivity index (χ3v) is 3.79. The molecule has 0 aliphatic heterocycles. The molecule has 2 N–H and O–H groups in total. The van der Waals surface area contributed by atoms with Crippen LogP contribution in [0.25, 0.3) is 11.0 Å². The molecule has 0 spiro atoms. The first-order valence-electron chi connectivity index (χ1n) is 6.76. The van der Waals surface area contributed by atoms with Crippen molar-refractivity contribution in [2.24, 2.45) is 13.0 Å². The van der Waals surface area contributed by atoms with Gasteiger partial charge in [0.25, 0.3) is 0 Å². The molecule has 0 unspecified atom stereocenters. The maximum atomic E-state index is 5.89. The lowest BCUT2D eigenvalue weighted by Crippen LogP contribution is -2.14. The smallest absolute Gasteiger partial charge is 0.163 e. The van der Waals surface area contributed by atoms with Crippen LogP contribution >= 0.6 is 0 Å². The zero-order valence-electron chi connectivity index (χ0n) is 11.2. The average Bonchev–Trinajstić information content (AvgIpc) is 2.69. The van der Waals surface area contributed by atoms with Gasteiger partial charge in [-0.2, -0.15) is 5.10 Å². The zero-order chi connectivity index (χ0) is 13.2. The van der Waals surface area contributed by atoms with Gasteiger partial charge in [0, 0.05) is 13.7 Å². The Kier molecular flexibility index (Phi) is 3.33. The lowest BCUT2D eigenvalue weighted by Gasteiger charge is -2.24. The van der Waals surface area contributed by atoms with Crippen molar-refractivity contribution in [2.45, 2.75) is 32.3 Å². The van der Waals surface area contributed by atoms with Gasteiger partial charge in [-0.25, -0.2) is 9.97 Å². The van der Waals surface area contributed by atoms with Crippen LogP contribution in [0.15, 0.2) is 6.20 Å². The Bertz CT molecular complexity index is 576. The van der Waals surface area contributed by atoms with Gasteiger partial charge in [-0.3, -0.25) is 4.68 Å². The van der Waals surface area contributed by atoms with E-state index in [1.807, 2.05) is 7.05 Å². The number of hydrogen-bond donors (Lipinski definition) is 1. The highest BCUT2D eigenvalue weighted by atomic mass is 16.5. The second-order valence-corrected chi connectivity index (χ2v) is 5.17. The maximum Gasteiger partial charge on any atom is 0.163 e. The Hall–Kier alpha value is -1.69. The number of aryl methyl sites for hydroxylation is 1. The number of nitrogen functional groups attached to an aromatic ring is 1. The molecule has 0 amide bonds. The van der Waals surface area contributed by atoms with Crippen LogP contribution < -0.4 is 5.73 Å². The summed E-state index contributed by atoms with van der Waals surface area (Å²) in [6, 6.07) is 0. The molecule has 1 saturated carbocycles. The first-order valence-corrected chi connectivity index (χ1v) is 6.76. The molecule has 102 valence electrons. The minimum atomic E-state index is 0.415. The fourth-order valence-corrected chi connectivity index (χ4v) is 2.35.